The van der Waals surface area contributed by atoms with Crippen LogP contribution >= 0.6 is 11.6 Å². The minimum absolute atomic E-state index is 0.117. The van der Waals surface area contributed by atoms with Gasteiger partial charge < -0.3 is 0 Å². The first-order chi connectivity index (χ1) is 7.71. The molecule has 0 radical (unpaired) electrons. The van der Waals surface area contributed by atoms with Crippen molar-refractivity contribution in [3.63, 3.8) is 0 Å². The van der Waals surface area contributed by atoms with E-state index in [-0.39, 0.29) is 5.54 Å². The summed E-state index contributed by atoms with van der Waals surface area (Å²) in [5.74, 6) is 0.866. The van der Waals surface area contributed by atoms with Crippen molar-refractivity contribution in [3.8, 4) is 11.4 Å². The molecule has 3 nitrogen and oxygen atoms in total. The molecule has 16 heavy (non-hydrogen) atoms. The average Bonchev–Trinajstić information content (AvgIpc) is 2.91. The Labute approximate surface area is 99.1 Å². The van der Waals surface area contributed by atoms with Crippen LogP contribution in [0.3, 0.4) is 0 Å². The van der Waals surface area contributed by atoms with E-state index in [2.05, 4.69) is 17.1 Å². The summed E-state index contributed by atoms with van der Waals surface area (Å²) in [6.07, 6.45) is 2.29. The zero-order valence-corrected chi connectivity index (χ0v) is 9.78. The van der Waals surface area contributed by atoms with Crippen LogP contribution in [0.2, 0.25) is 5.28 Å². The van der Waals surface area contributed by atoms with E-state index in [1.807, 2.05) is 34.9 Å². The number of hydrogen-bond acceptors (Lipinski definition) is 2. The fourth-order valence-electron chi connectivity index (χ4n) is 1.92. The molecule has 82 valence electrons. The Morgan fingerprint density at radius 3 is 2.50 bits per heavy atom. The van der Waals surface area contributed by atoms with Crippen LogP contribution in [-0.2, 0) is 5.54 Å². The van der Waals surface area contributed by atoms with Crippen LogP contribution in [0.25, 0.3) is 11.4 Å². The van der Waals surface area contributed by atoms with Crippen LogP contribution in [0.5, 0.6) is 0 Å². The molecule has 4 heteroatoms. The van der Waals surface area contributed by atoms with E-state index < -0.39 is 0 Å². The Balaban J connectivity index is 2.15. The van der Waals surface area contributed by atoms with Gasteiger partial charge in [0.25, 0.3) is 0 Å². The smallest absolute Gasteiger partial charge is 0.225 e. The van der Waals surface area contributed by atoms with Gasteiger partial charge in [0.1, 0.15) is 0 Å². The van der Waals surface area contributed by atoms with Crippen molar-refractivity contribution >= 4 is 11.6 Å². The van der Waals surface area contributed by atoms with Crippen LogP contribution < -0.4 is 0 Å². The summed E-state index contributed by atoms with van der Waals surface area (Å²) in [5.41, 5.74) is 1.18. The molecule has 1 aromatic carbocycles. The summed E-state index contributed by atoms with van der Waals surface area (Å²) >= 11 is 6.11. The van der Waals surface area contributed by atoms with E-state index in [9.17, 15) is 0 Å². The molecule has 0 N–H and O–H groups in total. The van der Waals surface area contributed by atoms with Gasteiger partial charge in [0.2, 0.25) is 5.28 Å². The quantitative estimate of drug-likeness (QED) is 0.798. The molecule has 1 saturated carbocycles. The van der Waals surface area contributed by atoms with Crippen molar-refractivity contribution < 1.29 is 0 Å². The molecule has 2 aromatic rings. The van der Waals surface area contributed by atoms with E-state index in [0.29, 0.717) is 5.28 Å². The lowest BCUT2D eigenvalue weighted by molar-refractivity contribution is 0.537. The zero-order chi connectivity index (χ0) is 11.2. The lowest BCUT2D eigenvalue weighted by atomic mass is 10.2. The number of benzene rings is 1. The number of halogens is 1. The lowest BCUT2D eigenvalue weighted by Gasteiger charge is -2.14. The van der Waals surface area contributed by atoms with E-state index in [1.165, 1.54) is 0 Å². The van der Waals surface area contributed by atoms with Crippen LogP contribution in [0.15, 0.2) is 30.3 Å². The molecule has 1 heterocycles. The zero-order valence-electron chi connectivity index (χ0n) is 9.02. The van der Waals surface area contributed by atoms with Crippen molar-refractivity contribution in [2.45, 2.75) is 25.3 Å². The first kappa shape index (κ1) is 9.85. The van der Waals surface area contributed by atoms with Crippen molar-refractivity contribution in [3.05, 3.63) is 35.6 Å². The van der Waals surface area contributed by atoms with Gasteiger partial charge in [0, 0.05) is 11.1 Å². The number of rotatable bonds is 2. The molecule has 1 aliphatic carbocycles. The van der Waals surface area contributed by atoms with Gasteiger partial charge in [-0.25, -0.2) is 0 Å². The summed E-state index contributed by atoms with van der Waals surface area (Å²) in [6, 6.07) is 10.0. The van der Waals surface area contributed by atoms with Gasteiger partial charge >= 0.3 is 0 Å². The van der Waals surface area contributed by atoms with Gasteiger partial charge in [-0.3, -0.25) is 4.57 Å². The Morgan fingerprint density at radius 1 is 1.19 bits per heavy atom. The first-order valence-corrected chi connectivity index (χ1v) is 5.75. The molecule has 0 saturated heterocycles. The maximum atomic E-state index is 6.11. The summed E-state index contributed by atoms with van der Waals surface area (Å²) in [7, 11) is 0. The molecule has 0 atom stereocenters. The van der Waals surface area contributed by atoms with Crippen molar-refractivity contribution in [2.24, 2.45) is 0 Å². The maximum absolute atomic E-state index is 6.11. The Morgan fingerprint density at radius 2 is 1.88 bits per heavy atom. The Kier molecular flexibility index (Phi) is 2.04. The van der Waals surface area contributed by atoms with Crippen LogP contribution in [0, 0.1) is 0 Å². The number of hydrogen-bond donors (Lipinski definition) is 0. The highest BCUT2D eigenvalue weighted by Gasteiger charge is 2.42. The Hall–Kier alpha value is -1.35. The molecule has 0 aliphatic heterocycles. The van der Waals surface area contributed by atoms with Gasteiger partial charge in [0.05, 0.1) is 0 Å². The molecule has 1 aliphatic rings. The molecule has 1 fully saturated rings. The molecule has 0 spiro atoms. The maximum Gasteiger partial charge on any atom is 0.225 e. The molecule has 0 bridgehead atoms. The highest BCUT2D eigenvalue weighted by molar-refractivity contribution is 6.28. The SMILES string of the molecule is CC1(n2c(Cl)nnc2-c2ccccc2)CC1. The second kappa shape index (κ2) is 3.32. The fraction of sp³-hybridized carbons (Fsp3) is 0.333. The second-order valence-corrected chi connectivity index (χ2v) is 4.83. The van der Waals surface area contributed by atoms with Gasteiger partial charge in [-0.05, 0) is 31.4 Å². The van der Waals surface area contributed by atoms with E-state index in [4.69, 9.17) is 11.6 Å². The molecule has 0 unspecified atom stereocenters. The summed E-state index contributed by atoms with van der Waals surface area (Å²) in [5, 5.41) is 8.64. The molecule has 1 aromatic heterocycles. The highest BCUT2D eigenvalue weighted by Crippen LogP contribution is 2.46. The molecule has 3 rings (SSSR count). The van der Waals surface area contributed by atoms with E-state index in [1.54, 1.807) is 0 Å². The largest absolute Gasteiger partial charge is 0.292 e. The monoisotopic (exact) mass is 233 g/mol. The predicted octanol–water partition coefficient (Wildman–Crippen LogP) is 3.11. The van der Waals surface area contributed by atoms with Gasteiger partial charge in [-0.1, -0.05) is 30.3 Å². The highest BCUT2D eigenvalue weighted by atomic mass is 35.5. The third kappa shape index (κ3) is 1.43. The van der Waals surface area contributed by atoms with Crippen molar-refractivity contribution in [1.82, 2.24) is 14.8 Å². The summed E-state index contributed by atoms with van der Waals surface area (Å²) < 4.78 is 2.05. The summed E-state index contributed by atoms with van der Waals surface area (Å²) in [4.78, 5) is 0. The third-order valence-electron chi connectivity index (χ3n) is 3.17. The van der Waals surface area contributed by atoms with Gasteiger partial charge in [0.15, 0.2) is 5.82 Å². The topological polar surface area (TPSA) is 30.7 Å². The number of aromatic nitrogens is 3. The lowest BCUT2D eigenvalue weighted by Crippen LogP contribution is -2.13. The van der Waals surface area contributed by atoms with Crippen molar-refractivity contribution in [1.29, 1.82) is 0 Å². The molecular formula is C12H12ClN3. The van der Waals surface area contributed by atoms with Crippen molar-refractivity contribution in [2.75, 3.05) is 0 Å². The minimum atomic E-state index is 0.117. The van der Waals surface area contributed by atoms with Gasteiger partial charge in [-0.15, -0.1) is 10.2 Å². The van der Waals surface area contributed by atoms with Crippen LogP contribution in [0.1, 0.15) is 19.8 Å². The van der Waals surface area contributed by atoms with Crippen LogP contribution in [0.4, 0.5) is 0 Å². The standard InChI is InChI=1S/C12H12ClN3/c1-12(7-8-12)16-10(14-15-11(16)13)9-5-3-2-4-6-9/h2-6H,7-8H2,1H3. The fourth-order valence-corrected chi connectivity index (χ4v) is 2.24. The molecular weight excluding hydrogens is 222 g/mol. The Bertz CT molecular complexity index is 514. The average molecular weight is 234 g/mol. The van der Waals surface area contributed by atoms with Gasteiger partial charge in [-0.2, -0.15) is 0 Å². The number of nitrogens with zero attached hydrogens (tertiary/aromatic N) is 3. The third-order valence-corrected chi connectivity index (χ3v) is 3.41. The van der Waals surface area contributed by atoms with E-state index in [0.717, 1.165) is 24.2 Å². The molecule has 0 amide bonds. The minimum Gasteiger partial charge on any atom is -0.292 e. The second-order valence-electron chi connectivity index (χ2n) is 4.49. The van der Waals surface area contributed by atoms with E-state index >= 15 is 0 Å². The normalized spacial score (nSPS) is 17.4. The predicted molar refractivity (Wildman–Crippen MR) is 63.4 cm³/mol. The summed E-state index contributed by atoms with van der Waals surface area (Å²) in [6.45, 7) is 2.19. The first-order valence-electron chi connectivity index (χ1n) is 5.37. The van der Waals surface area contributed by atoms with Crippen LogP contribution in [-0.4, -0.2) is 14.8 Å².